The Morgan fingerprint density at radius 1 is 1.09 bits per heavy atom. The number of nitroso groups, excluding NO2 is 1. The van der Waals surface area contributed by atoms with E-state index in [0.29, 0.717) is 42.2 Å². The molecule has 1 atom stereocenters. The van der Waals surface area contributed by atoms with Crippen LogP contribution in [0.15, 0.2) is 35.8 Å². The number of aromatic nitrogens is 6. The molecule has 1 saturated carbocycles. The number of nitrogens with zero attached hydrogens (tertiary/aromatic N) is 9. The zero-order valence-electron chi connectivity index (χ0n) is 24.9. The van der Waals surface area contributed by atoms with Gasteiger partial charge in [-0.25, -0.2) is 15.0 Å². The minimum Gasteiger partial charge on any atom is -0.483 e. The van der Waals surface area contributed by atoms with Gasteiger partial charge in [-0.1, -0.05) is 0 Å². The van der Waals surface area contributed by atoms with Crippen molar-refractivity contribution in [1.82, 2.24) is 29.5 Å². The van der Waals surface area contributed by atoms with Gasteiger partial charge in [-0.05, 0) is 51.7 Å². The van der Waals surface area contributed by atoms with Crippen molar-refractivity contribution in [2.75, 3.05) is 36.5 Å². The fourth-order valence-corrected chi connectivity index (χ4v) is 5.67. The van der Waals surface area contributed by atoms with E-state index in [1.54, 1.807) is 30.1 Å². The summed E-state index contributed by atoms with van der Waals surface area (Å²) in [6, 6.07) is 7.81. The molecule has 4 aromatic rings. The second kappa shape index (κ2) is 12.8. The van der Waals surface area contributed by atoms with Crippen LogP contribution in [-0.4, -0.2) is 67.9 Å². The third kappa shape index (κ3) is 6.37. The monoisotopic (exact) mass is 598 g/mol. The number of aryl methyl sites for hydroxylation is 1. The Morgan fingerprint density at radius 2 is 1.89 bits per heavy atom. The van der Waals surface area contributed by atoms with Gasteiger partial charge in [0, 0.05) is 43.1 Å². The standard InChI is InChI=1S/C30H34N10O4/c1-18-12-21(15-31)36-29(34-18)35-20-4-6-22(7-5-20)44-28-24-13-23(43-19(2)26-17-33-30(38-41)39(26)3)16-32-25(24)14-27(37-28)40-8-10-42-11-9-40/h12-14,16-17,19-20,22H,4-11H2,1-3H3,(H,34,35,36). The van der Waals surface area contributed by atoms with Crippen LogP contribution in [0.5, 0.6) is 11.6 Å². The molecule has 2 aliphatic rings. The highest BCUT2D eigenvalue weighted by molar-refractivity contribution is 5.87. The molecule has 1 saturated heterocycles. The lowest BCUT2D eigenvalue weighted by Crippen LogP contribution is -2.37. The summed E-state index contributed by atoms with van der Waals surface area (Å²) in [5, 5.41) is 16.3. The van der Waals surface area contributed by atoms with Crippen LogP contribution in [0.25, 0.3) is 10.9 Å². The molecule has 1 aliphatic heterocycles. The van der Waals surface area contributed by atoms with Gasteiger partial charge in [0.1, 0.15) is 35.5 Å². The molecule has 1 N–H and O–H groups in total. The lowest BCUT2D eigenvalue weighted by molar-refractivity contribution is 0.122. The Balaban J connectivity index is 1.21. The largest absolute Gasteiger partial charge is 0.483 e. The number of morpholine rings is 1. The van der Waals surface area contributed by atoms with Gasteiger partial charge in [-0.15, -0.1) is 4.91 Å². The van der Waals surface area contributed by atoms with E-state index in [2.05, 4.69) is 36.4 Å². The molecular formula is C30H34N10O4. The number of hydrogen-bond acceptors (Lipinski definition) is 13. The predicted octanol–water partition coefficient (Wildman–Crippen LogP) is 4.51. The predicted molar refractivity (Wildman–Crippen MR) is 162 cm³/mol. The van der Waals surface area contributed by atoms with Gasteiger partial charge in [0.25, 0.3) is 5.95 Å². The van der Waals surface area contributed by atoms with Gasteiger partial charge in [-0.2, -0.15) is 10.2 Å². The summed E-state index contributed by atoms with van der Waals surface area (Å²) in [5.41, 5.74) is 2.57. The maximum absolute atomic E-state index is 11.0. The van der Waals surface area contributed by atoms with Gasteiger partial charge in [0.15, 0.2) is 0 Å². The summed E-state index contributed by atoms with van der Waals surface area (Å²) in [4.78, 5) is 35.7. The quantitative estimate of drug-likeness (QED) is 0.268. The van der Waals surface area contributed by atoms with Gasteiger partial charge in [0.05, 0.1) is 42.2 Å². The van der Waals surface area contributed by atoms with Crippen LogP contribution in [0.3, 0.4) is 0 Å². The first kappa shape index (κ1) is 29.2. The Kier molecular flexibility index (Phi) is 8.47. The van der Waals surface area contributed by atoms with Gasteiger partial charge in [0.2, 0.25) is 11.8 Å². The van der Waals surface area contributed by atoms with Crippen molar-refractivity contribution in [3.05, 3.63) is 52.6 Å². The summed E-state index contributed by atoms with van der Waals surface area (Å²) in [5.74, 6) is 2.43. The van der Waals surface area contributed by atoms with Gasteiger partial charge in [-0.3, -0.25) is 4.98 Å². The minimum atomic E-state index is -0.406. The van der Waals surface area contributed by atoms with Crippen LogP contribution in [0.1, 0.15) is 55.8 Å². The van der Waals surface area contributed by atoms with E-state index < -0.39 is 6.10 Å². The van der Waals surface area contributed by atoms with E-state index >= 15 is 0 Å². The number of ether oxygens (including phenoxy) is 3. The van der Waals surface area contributed by atoms with Gasteiger partial charge < -0.3 is 29.0 Å². The maximum atomic E-state index is 11.0. The van der Waals surface area contributed by atoms with Crippen molar-refractivity contribution in [2.24, 2.45) is 12.2 Å². The highest BCUT2D eigenvalue weighted by atomic mass is 16.5. The second-order valence-electron chi connectivity index (χ2n) is 11.1. The molecule has 1 unspecified atom stereocenters. The van der Waals surface area contributed by atoms with E-state index in [9.17, 15) is 10.2 Å². The minimum absolute atomic E-state index is 0.0380. The molecule has 5 heterocycles. The summed E-state index contributed by atoms with van der Waals surface area (Å²) in [6.07, 6.45) is 6.17. The Hall–Kier alpha value is -4.90. The molecule has 0 bridgehead atoms. The summed E-state index contributed by atoms with van der Waals surface area (Å²) in [7, 11) is 1.72. The molecule has 6 rings (SSSR count). The van der Waals surface area contributed by atoms with Crippen molar-refractivity contribution < 1.29 is 14.2 Å². The molecule has 14 nitrogen and oxygen atoms in total. The zero-order valence-corrected chi connectivity index (χ0v) is 24.9. The average Bonchev–Trinajstić information content (AvgIpc) is 3.42. The number of pyridine rings is 2. The SMILES string of the molecule is Cc1cc(C#N)nc(NC2CCC(Oc3nc(N4CCOCC4)cc4ncc(OC(C)c5cnc(N=O)n5C)cc34)CC2)n1. The molecule has 14 heteroatoms. The van der Waals surface area contributed by atoms with Crippen molar-refractivity contribution in [3.63, 3.8) is 0 Å². The van der Waals surface area contributed by atoms with Crippen LogP contribution in [0, 0.1) is 23.2 Å². The van der Waals surface area contributed by atoms with Crippen LogP contribution in [-0.2, 0) is 11.8 Å². The molecule has 1 aliphatic carbocycles. The number of rotatable bonds is 9. The summed E-state index contributed by atoms with van der Waals surface area (Å²) < 4.78 is 20.0. The highest BCUT2D eigenvalue weighted by Gasteiger charge is 2.26. The van der Waals surface area contributed by atoms with E-state index in [0.717, 1.165) is 61.2 Å². The molecule has 228 valence electrons. The lowest BCUT2D eigenvalue weighted by Gasteiger charge is -2.31. The number of nitrogens with one attached hydrogen (secondary N) is 1. The van der Waals surface area contributed by atoms with Crippen molar-refractivity contribution in [3.8, 4) is 17.7 Å². The van der Waals surface area contributed by atoms with E-state index in [-0.39, 0.29) is 18.1 Å². The molecule has 4 aromatic heterocycles. The molecule has 44 heavy (non-hydrogen) atoms. The molecule has 0 amide bonds. The maximum Gasteiger partial charge on any atom is 0.271 e. The third-order valence-corrected chi connectivity index (χ3v) is 8.01. The Morgan fingerprint density at radius 3 is 2.61 bits per heavy atom. The first-order chi connectivity index (χ1) is 21.4. The molecule has 2 fully saturated rings. The fraction of sp³-hybridized carbons (Fsp3) is 0.467. The number of anilines is 2. The first-order valence-electron chi connectivity index (χ1n) is 14.7. The number of imidazole rings is 1. The second-order valence-corrected chi connectivity index (χ2v) is 11.1. The zero-order chi connectivity index (χ0) is 30.6. The highest BCUT2D eigenvalue weighted by Crippen LogP contribution is 2.34. The lowest BCUT2D eigenvalue weighted by atomic mass is 9.93. The summed E-state index contributed by atoms with van der Waals surface area (Å²) in [6.45, 7) is 6.49. The van der Waals surface area contributed by atoms with E-state index in [1.165, 1.54) is 0 Å². The van der Waals surface area contributed by atoms with Crippen molar-refractivity contribution in [1.29, 1.82) is 5.26 Å². The fourth-order valence-electron chi connectivity index (χ4n) is 5.67. The van der Waals surface area contributed by atoms with Crippen molar-refractivity contribution in [2.45, 2.75) is 57.8 Å². The van der Waals surface area contributed by atoms with Gasteiger partial charge >= 0.3 is 0 Å². The number of fused-ring (bicyclic) bond motifs is 1. The van der Waals surface area contributed by atoms with Crippen LogP contribution in [0.4, 0.5) is 17.7 Å². The van der Waals surface area contributed by atoms with E-state index in [1.807, 2.05) is 26.0 Å². The van der Waals surface area contributed by atoms with Crippen LogP contribution >= 0.6 is 0 Å². The third-order valence-electron chi connectivity index (χ3n) is 8.01. The Labute approximate surface area is 254 Å². The average molecular weight is 599 g/mol. The molecular weight excluding hydrogens is 564 g/mol. The van der Waals surface area contributed by atoms with Crippen LogP contribution in [0.2, 0.25) is 0 Å². The van der Waals surface area contributed by atoms with Crippen molar-refractivity contribution >= 4 is 28.6 Å². The summed E-state index contributed by atoms with van der Waals surface area (Å²) >= 11 is 0. The van der Waals surface area contributed by atoms with Crippen LogP contribution < -0.4 is 19.7 Å². The normalized spacial score (nSPS) is 19.3. The topological polar surface area (TPSA) is 166 Å². The number of nitriles is 1. The first-order valence-corrected chi connectivity index (χ1v) is 14.7. The van der Waals surface area contributed by atoms with E-state index in [4.69, 9.17) is 24.2 Å². The Bertz CT molecular complexity index is 1690. The smallest absolute Gasteiger partial charge is 0.271 e. The molecule has 0 spiro atoms. The number of hydrogen-bond donors (Lipinski definition) is 1. The molecule has 0 aromatic carbocycles. The molecule has 0 radical (unpaired) electrons.